The van der Waals surface area contributed by atoms with Gasteiger partial charge in [-0.1, -0.05) is 41.9 Å². The van der Waals surface area contributed by atoms with Crippen LogP contribution in [0, 0.1) is 0 Å². The zero-order valence-corrected chi connectivity index (χ0v) is 21.7. The first-order chi connectivity index (χ1) is 18.5. The van der Waals surface area contributed by atoms with E-state index in [1.165, 1.54) is 0 Å². The van der Waals surface area contributed by atoms with Crippen molar-refractivity contribution in [3.05, 3.63) is 101 Å². The first-order valence-corrected chi connectivity index (χ1v) is 13.3. The fourth-order valence-electron chi connectivity index (χ4n) is 5.45. The highest BCUT2D eigenvalue weighted by molar-refractivity contribution is 6.30. The number of aromatic hydroxyl groups is 1. The molecule has 6 rings (SSSR count). The van der Waals surface area contributed by atoms with Gasteiger partial charge in [0.15, 0.2) is 0 Å². The molecule has 4 heterocycles. The second-order valence-electron chi connectivity index (χ2n) is 9.95. The molecule has 1 fully saturated rings. The van der Waals surface area contributed by atoms with E-state index in [9.17, 15) is 10.2 Å². The third kappa shape index (κ3) is 4.95. The highest BCUT2D eigenvalue weighted by Crippen LogP contribution is 2.42. The van der Waals surface area contributed by atoms with Crippen LogP contribution >= 0.6 is 11.6 Å². The van der Waals surface area contributed by atoms with Gasteiger partial charge in [-0.05, 0) is 66.8 Å². The highest BCUT2D eigenvalue weighted by Gasteiger charge is 2.33. The Morgan fingerprint density at radius 2 is 1.76 bits per heavy atom. The molecule has 0 bridgehead atoms. The summed E-state index contributed by atoms with van der Waals surface area (Å²) in [6, 6.07) is 20.7. The number of aromatic nitrogens is 1. The molecule has 194 valence electrons. The Labute approximate surface area is 226 Å². The minimum Gasteiger partial charge on any atom is -0.481 e. The van der Waals surface area contributed by atoms with Gasteiger partial charge in [0, 0.05) is 60.0 Å². The summed E-state index contributed by atoms with van der Waals surface area (Å²) in [5.41, 5.74) is 4.14. The molecule has 2 aromatic carbocycles. The van der Waals surface area contributed by atoms with Gasteiger partial charge in [-0.15, -0.1) is 0 Å². The van der Waals surface area contributed by atoms with E-state index in [1.807, 2.05) is 54.6 Å². The molecule has 0 radical (unpaired) electrons. The quantitative estimate of drug-likeness (QED) is 0.296. The third-order valence-corrected chi connectivity index (χ3v) is 7.83. The second-order valence-corrected chi connectivity index (χ2v) is 10.4. The Morgan fingerprint density at radius 1 is 0.974 bits per heavy atom. The number of aliphatic hydroxyl groups is 1. The molecule has 6 nitrogen and oxygen atoms in total. The molecule has 0 amide bonds. The summed E-state index contributed by atoms with van der Waals surface area (Å²) in [4.78, 5) is 6.92. The Bertz CT molecular complexity index is 1470. The van der Waals surface area contributed by atoms with Gasteiger partial charge >= 0.3 is 0 Å². The SMILES string of the molecule is Oc1ccc(-c2cccc3c2CC(=CCCN2CCC(O)(c4ccc(Cl)cc4)CC2)c2cccnc2O3)o1. The average molecular weight is 529 g/mol. The minimum atomic E-state index is -0.802. The number of piperidine rings is 1. The molecule has 4 aromatic rings. The van der Waals surface area contributed by atoms with Crippen molar-refractivity contribution in [2.24, 2.45) is 0 Å². The topological polar surface area (TPSA) is 79.0 Å². The van der Waals surface area contributed by atoms with Gasteiger partial charge in [0.25, 0.3) is 5.95 Å². The number of hydrogen-bond donors (Lipinski definition) is 2. The van der Waals surface area contributed by atoms with Gasteiger partial charge in [-0.25, -0.2) is 4.98 Å². The number of benzene rings is 2. The van der Waals surface area contributed by atoms with Gasteiger partial charge in [0.1, 0.15) is 11.5 Å². The maximum atomic E-state index is 11.2. The number of ether oxygens (including phenoxy) is 1. The average Bonchev–Trinajstić information content (AvgIpc) is 3.29. The van der Waals surface area contributed by atoms with Crippen molar-refractivity contribution in [1.82, 2.24) is 9.88 Å². The minimum absolute atomic E-state index is 0.114. The van der Waals surface area contributed by atoms with Gasteiger partial charge in [0.05, 0.1) is 5.60 Å². The monoisotopic (exact) mass is 528 g/mol. The Kier molecular flexibility index (Phi) is 6.70. The molecule has 7 heteroatoms. The molecule has 38 heavy (non-hydrogen) atoms. The summed E-state index contributed by atoms with van der Waals surface area (Å²) in [6.07, 6.45) is 6.92. The number of likely N-dealkylation sites (tertiary alicyclic amines) is 1. The smallest absolute Gasteiger partial charge is 0.282 e. The van der Waals surface area contributed by atoms with E-state index in [0.29, 0.717) is 35.9 Å². The van der Waals surface area contributed by atoms with Crippen molar-refractivity contribution in [2.75, 3.05) is 19.6 Å². The standard InChI is InChI=1S/C31H29ClN2O4/c32-23-10-8-22(9-11-23)31(36)14-18-34(19-15-31)17-3-4-21-20-26-25(28-12-13-29(35)37-28)5-1-7-27(26)38-30-24(21)6-2-16-33-30/h1-2,4-13,16,35-36H,3,14-15,17-20H2. The Morgan fingerprint density at radius 3 is 2.53 bits per heavy atom. The van der Waals surface area contributed by atoms with Crippen molar-refractivity contribution >= 4 is 17.2 Å². The van der Waals surface area contributed by atoms with E-state index in [4.69, 9.17) is 20.8 Å². The number of nitrogens with zero attached hydrogens (tertiary/aromatic N) is 2. The van der Waals surface area contributed by atoms with Crippen LogP contribution in [0.5, 0.6) is 17.6 Å². The zero-order chi connectivity index (χ0) is 26.1. The molecular weight excluding hydrogens is 500 g/mol. The van der Waals surface area contributed by atoms with Crippen LogP contribution in [0.15, 0.2) is 83.4 Å². The summed E-state index contributed by atoms with van der Waals surface area (Å²) < 4.78 is 11.8. The summed E-state index contributed by atoms with van der Waals surface area (Å²) in [6.45, 7) is 2.56. The summed E-state index contributed by atoms with van der Waals surface area (Å²) in [7, 11) is 0. The normalized spacial score (nSPS) is 17.9. The van der Waals surface area contributed by atoms with Crippen LogP contribution in [-0.4, -0.2) is 39.7 Å². The first kappa shape index (κ1) is 24.7. The van der Waals surface area contributed by atoms with Crippen molar-refractivity contribution < 1.29 is 19.4 Å². The van der Waals surface area contributed by atoms with Crippen LogP contribution < -0.4 is 4.74 Å². The van der Waals surface area contributed by atoms with Crippen LogP contribution in [0.3, 0.4) is 0 Å². The molecule has 0 saturated carbocycles. The number of allylic oxidation sites excluding steroid dienone is 1. The number of pyridine rings is 1. The molecule has 0 aliphatic carbocycles. The number of furan rings is 1. The lowest BCUT2D eigenvalue weighted by atomic mass is 9.84. The largest absolute Gasteiger partial charge is 0.481 e. The van der Waals surface area contributed by atoms with E-state index < -0.39 is 5.60 Å². The van der Waals surface area contributed by atoms with E-state index in [0.717, 1.165) is 59.6 Å². The van der Waals surface area contributed by atoms with Crippen molar-refractivity contribution in [3.63, 3.8) is 0 Å². The zero-order valence-electron chi connectivity index (χ0n) is 20.9. The Hall–Kier alpha value is -3.58. The molecule has 0 unspecified atom stereocenters. The van der Waals surface area contributed by atoms with Crippen molar-refractivity contribution in [3.8, 4) is 28.9 Å². The van der Waals surface area contributed by atoms with Crippen LogP contribution in [-0.2, 0) is 12.0 Å². The maximum Gasteiger partial charge on any atom is 0.282 e. The van der Waals surface area contributed by atoms with E-state index in [1.54, 1.807) is 18.3 Å². The summed E-state index contributed by atoms with van der Waals surface area (Å²) in [5, 5.41) is 21.7. The molecule has 2 aliphatic rings. The Balaban J connectivity index is 1.20. The van der Waals surface area contributed by atoms with Crippen molar-refractivity contribution in [1.29, 1.82) is 0 Å². The van der Waals surface area contributed by atoms with E-state index in [-0.39, 0.29) is 5.95 Å². The maximum absolute atomic E-state index is 11.2. The lowest BCUT2D eigenvalue weighted by Gasteiger charge is -2.38. The molecule has 2 aliphatic heterocycles. The van der Waals surface area contributed by atoms with E-state index in [2.05, 4.69) is 16.0 Å². The lowest BCUT2D eigenvalue weighted by Crippen LogP contribution is -2.42. The van der Waals surface area contributed by atoms with Crippen LogP contribution in [0.1, 0.15) is 36.0 Å². The van der Waals surface area contributed by atoms with Gasteiger partial charge in [-0.2, -0.15) is 0 Å². The summed E-state index contributed by atoms with van der Waals surface area (Å²) >= 11 is 6.03. The fraction of sp³-hybridized carbons (Fsp3) is 0.258. The predicted molar refractivity (Wildman–Crippen MR) is 147 cm³/mol. The van der Waals surface area contributed by atoms with Crippen LogP contribution in [0.2, 0.25) is 5.02 Å². The fourth-order valence-corrected chi connectivity index (χ4v) is 5.58. The van der Waals surface area contributed by atoms with Gasteiger partial charge < -0.3 is 24.3 Å². The summed E-state index contributed by atoms with van der Waals surface area (Å²) in [5.74, 6) is 1.81. The van der Waals surface area contributed by atoms with Gasteiger partial charge in [0.2, 0.25) is 5.88 Å². The van der Waals surface area contributed by atoms with Crippen molar-refractivity contribution in [2.45, 2.75) is 31.3 Å². The van der Waals surface area contributed by atoms with Crippen LogP contribution in [0.25, 0.3) is 16.9 Å². The van der Waals surface area contributed by atoms with E-state index >= 15 is 0 Å². The highest BCUT2D eigenvalue weighted by atomic mass is 35.5. The number of rotatable bonds is 5. The molecule has 2 N–H and O–H groups in total. The second kappa shape index (κ2) is 10.3. The molecular formula is C31H29ClN2O4. The number of halogens is 1. The number of hydrogen-bond acceptors (Lipinski definition) is 6. The van der Waals surface area contributed by atoms with Gasteiger partial charge in [-0.3, -0.25) is 0 Å². The molecule has 0 atom stereocenters. The number of fused-ring (bicyclic) bond motifs is 2. The molecule has 1 saturated heterocycles. The molecule has 2 aromatic heterocycles. The molecule has 0 spiro atoms. The third-order valence-electron chi connectivity index (χ3n) is 7.58. The van der Waals surface area contributed by atoms with Crippen LogP contribution in [0.4, 0.5) is 0 Å². The first-order valence-electron chi connectivity index (χ1n) is 12.9. The lowest BCUT2D eigenvalue weighted by molar-refractivity contribution is -0.0254. The predicted octanol–water partition coefficient (Wildman–Crippen LogP) is 6.81.